The second kappa shape index (κ2) is 8.46. The van der Waals surface area contributed by atoms with Crippen LogP contribution in [0.25, 0.3) is 0 Å². The molecule has 0 radical (unpaired) electrons. The zero-order chi connectivity index (χ0) is 19.7. The molecule has 0 saturated carbocycles. The topological polar surface area (TPSA) is 0 Å². The Kier molecular flexibility index (Phi) is 6.45. The Balaban J connectivity index is 1.89. The first-order chi connectivity index (χ1) is 12.7. The number of hydrogen-bond acceptors (Lipinski definition) is 2. The Morgan fingerprint density at radius 2 is 1.07 bits per heavy atom. The van der Waals surface area contributed by atoms with Crippen molar-refractivity contribution in [3.63, 3.8) is 0 Å². The maximum Gasteiger partial charge on any atom is 0.0234 e. The molecule has 3 aromatic rings. The van der Waals surface area contributed by atoms with Crippen molar-refractivity contribution in [3.8, 4) is 0 Å². The van der Waals surface area contributed by atoms with E-state index in [0.717, 1.165) is 0 Å². The lowest BCUT2D eigenvalue weighted by molar-refractivity contribution is 1.16. The second-order valence-electron chi connectivity index (χ2n) is 7.23. The smallest absolute Gasteiger partial charge is 0.0234 e. The van der Waals surface area contributed by atoms with Crippen LogP contribution in [-0.2, 0) is 0 Å². The van der Waals surface area contributed by atoms with Gasteiger partial charge in [-0.15, -0.1) is 0 Å². The molecule has 0 unspecified atom stereocenters. The van der Waals surface area contributed by atoms with Gasteiger partial charge >= 0.3 is 0 Å². The molecule has 140 valence electrons. The predicted molar refractivity (Wildman–Crippen MR) is 124 cm³/mol. The van der Waals surface area contributed by atoms with Gasteiger partial charge < -0.3 is 0 Å². The van der Waals surface area contributed by atoms with Crippen molar-refractivity contribution in [1.29, 1.82) is 0 Å². The first-order valence-electron chi connectivity index (χ1n) is 9.05. The van der Waals surface area contributed by atoms with E-state index in [0.29, 0.717) is 0 Å². The summed E-state index contributed by atoms with van der Waals surface area (Å²) in [6, 6.07) is 15.9. The lowest BCUT2D eigenvalue weighted by Crippen LogP contribution is -1.89. The molecule has 3 rings (SSSR count). The fraction of sp³-hybridized carbons (Fsp3) is 0.250. The maximum absolute atomic E-state index is 3.66. The van der Waals surface area contributed by atoms with E-state index in [-0.39, 0.29) is 0 Å². The second-order valence-corrected chi connectivity index (χ2v) is 10.2. The molecular weight excluding hydrogens is 432 g/mol. The molecule has 0 aliphatic rings. The third-order valence-corrected chi connectivity index (χ3v) is 8.38. The monoisotopic (exact) mass is 456 g/mol. The van der Waals surface area contributed by atoms with Gasteiger partial charge in [0.15, 0.2) is 0 Å². The molecule has 3 aromatic carbocycles. The first-order valence-corrected chi connectivity index (χ1v) is 11.5. The van der Waals surface area contributed by atoms with Gasteiger partial charge in [0.25, 0.3) is 0 Å². The lowest BCUT2D eigenvalue weighted by atomic mass is 10.1. The summed E-state index contributed by atoms with van der Waals surface area (Å²) in [7, 11) is 0. The van der Waals surface area contributed by atoms with Crippen molar-refractivity contribution in [1.82, 2.24) is 0 Å². The van der Waals surface area contributed by atoms with Gasteiger partial charge in [-0.25, -0.2) is 0 Å². The highest BCUT2D eigenvalue weighted by Gasteiger charge is 2.10. The van der Waals surface area contributed by atoms with Crippen LogP contribution in [0, 0.1) is 41.5 Å². The number of hydrogen-bond donors (Lipinski definition) is 0. The number of rotatable bonds is 4. The highest BCUT2D eigenvalue weighted by Crippen LogP contribution is 2.39. The zero-order valence-corrected chi connectivity index (χ0v) is 20.0. The summed E-state index contributed by atoms with van der Waals surface area (Å²) in [6.07, 6.45) is 0. The fourth-order valence-corrected chi connectivity index (χ4v) is 5.57. The highest BCUT2D eigenvalue weighted by molar-refractivity contribution is 9.10. The molecule has 0 fully saturated rings. The molecule has 0 heterocycles. The Morgan fingerprint density at radius 1 is 0.556 bits per heavy atom. The standard InChI is InChI=1S/C24H25BrS2/c1-14-7-8-21(15(2)9-14)27-23-13-16(3)22(12-17(23)4)26-20-10-18(5)24(25)19(6)11-20/h7-13H,1-6H3. The number of halogens is 1. The fourth-order valence-electron chi connectivity index (χ4n) is 3.11. The Morgan fingerprint density at radius 3 is 1.63 bits per heavy atom. The van der Waals surface area contributed by atoms with E-state index in [1.54, 1.807) is 0 Å². The van der Waals surface area contributed by atoms with E-state index in [1.165, 1.54) is 57.4 Å². The molecule has 0 amide bonds. The third-order valence-electron chi connectivity index (χ3n) is 4.66. The van der Waals surface area contributed by atoms with Gasteiger partial charge in [-0.3, -0.25) is 0 Å². The predicted octanol–water partition coefficient (Wildman–Crippen LogP) is 8.60. The van der Waals surface area contributed by atoms with E-state index in [4.69, 9.17) is 0 Å². The minimum Gasteiger partial charge on any atom is -0.0898 e. The van der Waals surface area contributed by atoms with Crippen molar-refractivity contribution < 1.29 is 0 Å². The number of aryl methyl sites for hydroxylation is 6. The Hall–Kier alpha value is -1.16. The van der Waals surface area contributed by atoms with Crippen molar-refractivity contribution in [2.24, 2.45) is 0 Å². The van der Waals surface area contributed by atoms with E-state index in [9.17, 15) is 0 Å². The molecule has 0 nitrogen and oxygen atoms in total. The van der Waals surface area contributed by atoms with Crippen LogP contribution in [-0.4, -0.2) is 0 Å². The van der Waals surface area contributed by atoms with Crippen LogP contribution in [0.2, 0.25) is 0 Å². The molecule has 0 aliphatic heterocycles. The zero-order valence-electron chi connectivity index (χ0n) is 16.7. The molecule has 3 heteroatoms. The summed E-state index contributed by atoms with van der Waals surface area (Å²) in [5, 5.41) is 0. The van der Waals surface area contributed by atoms with Crippen LogP contribution in [0.15, 0.2) is 66.5 Å². The van der Waals surface area contributed by atoms with Gasteiger partial charge in [0.2, 0.25) is 0 Å². The van der Waals surface area contributed by atoms with E-state index >= 15 is 0 Å². The van der Waals surface area contributed by atoms with Crippen LogP contribution >= 0.6 is 39.5 Å². The maximum atomic E-state index is 3.66. The molecule has 0 atom stereocenters. The molecule has 0 saturated heterocycles. The average molecular weight is 458 g/mol. The normalized spacial score (nSPS) is 11.1. The van der Waals surface area contributed by atoms with Crippen LogP contribution in [0.3, 0.4) is 0 Å². The van der Waals surface area contributed by atoms with Crippen molar-refractivity contribution in [2.45, 2.75) is 61.1 Å². The molecule has 0 spiro atoms. The van der Waals surface area contributed by atoms with Gasteiger partial charge in [-0.1, -0.05) is 57.1 Å². The van der Waals surface area contributed by atoms with E-state index in [2.05, 4.69) is 99.9 Å². The van der Waals surface area contributed by atoms with Gasteiger partial charge in [0.1, 0.15) is 0 Å². The lowest BCUT2D eigenvalue weighted by Gasteiger charge is -2.14. The van der Waals surface area contributed by atoms with Crippen LogP contribution in [0.4, 0.5) is 0 Å². The largest absolute Gasteiger partial charge is 0.0898 e. The molecule has 27 heavy (non-hydrogen) atoms. The molecular formula is C24H25BrS2. The molecule has 0 aliphatic carbocycles. The quantitative estimate of drug-likeness (QED) is 0.385. The summed E-state index contributed by atoms with van der Waals surface area (Å²) < 4.78 is 1.21. The van der Waals surface area contributed by atoms with Gasteiger partial charge in [-0.05, 0) is 99.7 Å². The van der Waals surface area contributed by atoms with Gasteiger partial charge in [0, 0.05) is 24.1 Å². The number of benzene rings is 3. The summed E-state index contributed by atoms with van der Waals surface area (Å²) in [4.78, 5) is 5.30. The molecule has 0 aromatic heterocycles. The average Bonchev–Trinajstić information content (AvgIpc) is 2.59. The van der Waals surface area contributed by atoms with Crippen molar-refractivity contribution >= 4 is 39.5 Å². The summed E-state index contributed by atoms with van der Waals surface area (Å²) in [5.74, 6) is 0. The van der Waals surface area contributed by atoms with E-state index < -0.39 is 0 Å². The SMILES string of the molecule is Cc1ccc(Sc2cc(C)c(Sc3cc(C)c(Br)c(C)c3)cc2C)c(C)c1. The summed E-state index contributed by atoms with van der Waals surface area (Å²) in [5.41, 5.74) is 7.89. The van der Waals surface area contributed by atoms with Gasteiger partial charge in [-0.2, -0.15) is 0 Å². The first kappa shape index (κ1) is 20.6. The molecule has 0 N–H and O–H groups in total. The Labute approximate surface area is 180 Å². The minimum atomic E-state index is 1.21. The van der Waals surface area contributed by atoms with Crippen molar-refractivity contribution in [2.75, 3.05) is 0 Å². The van der Waals surface area contributed by atoms with Crippen LogP contribution in [0.1, 0.15) is 33.4 Å². The van der Waals surface area contributed by atoms with Gasteiger partial charge in [0.05, 0.1) is 0 Å². The van der Waals surface area contributed by atoms with Crippen molar-refractivity contribution in [3.05, 3.63) is 80.3 Å². The summed E-state index contributed by atoms with van der Waals surface area (Å²) >= 11 is 7.39. The van der Waals surface area contributed by atoms with Crippen LogP contribution < -0.4 is 0 Å². The molecule has 0 bridgehead atoms. The Bertz CT molecular complexity index is 982. The van der Waals surface area contributed by atoms with E-state index in [1.807, 2.05) is 23.5 Å². The summed E-state index contributed by atoms with van der Waals surface area (Å²) in [6.45, 7) is 13.1. The minimum absolute atomic E-state index is 1.21. The highest BCUT2D eigenvalue weighted by atomic mass is 79.9. The van der Waals surface area contributed by atoms with Crippen LogP contribution in [0.5, 0.6) is 0 Å². The third kappa shape index (κ3) is 4.82.